The number of nitrogens with one attached hydrogen (secondary N) is 1. The van der Waals surface area contributed by atoms with Crippen LogP contribution < -0.4 is 16.2 Å². The summed E-state index contributed by atoms with van der Waals surface area (Å²) in [5, 5.41) is 7.09. The molecule has 94 valence electrons. The number of hydrogen-bond acceptors (Lipinski definition) is 4. The monoisotopic (exact) mass is 261 g/mol. The molecule has 0 saturated heterocycles. The molecule has 0 saturated carbocycles. The Hall–Kier alpha value is -1.51. The standard InChI is InChI=1S/C9H12FN3O3S/c10-7-5-6(17(12,15)16)1-2-8(7)13-9(14)3-4-11/h1-2,5H,3-4,11H2,(H,13,14)(H2,12,15,16). The van der Waals surface area contributed by atoms with Gasteiger partial charge >= 0.3 is 0 Å². The molecule has 0 fully saturated rings. The third-order valence-electron chi connectivity index (χ3n) is 1.91. The SMILES string of the molecule is NCCC(=O)Nc1ccc(S(N)(=O)=O)cc1F. The van der Waals surface area contributed by atoms with Gasteiger partial charge < -0.3 is 11.1 Å². The summed E-state index contributed by atoms with van der Waals surface area (Å²) in [7, 11) is -3.95. The molecule has 1 amide bonds. The molecular weight excluding hydrogens is 249 g/mol. The first kappa shape index (κ1) is 13.6. The average Bonchev–Trinajstić information content (AvgIpc) is 2.20. The topological polar surface area (TPSA) is 115 Å². The van der Waals surface area contributed by atoms with Gasteiger partial charge in [0, 0.05) is 13.0 Å². The Morgan fingerprint density at radius 1 is 1.41 bits per heavy atom. The Morgan fingerprint density at radius 3 is 2.53 bits per heavy atom. The van der Waals surface area contributed by atoms with E-state index in [4.69, 9.17) is 10.9 Å². The van der Waals surface area contributed by atoms with Gasteiger partial charge in [-0.05, 0) is 18.2 Å². The first-order chi connectivity index (χ1) is 7.84. The van der Waals surface area contributed by atoms with Crippen LogP contribution in [0.2, 0.25) is 0 Å². The number of carbonyl (C=O) groups excluding carboxylic acids is 1. The molecule has 0 radical (unpaired) electrons. The molecule has 6 nitrogen and oxygen atoms in total. The van der Waals surface area contributed by atoms with E-state index < -0.39 is 21.7 Å². The lowest BCUT2D eigenvalue weighted by atomic mass is 10.3. The van der Waals surface area contributed by atoms with E-state index in [-0.39, 0.29) is 23.5 Å². The quantitative estimate of drug-likeness (QED) is 0.693. The smallest absolute Gasteiger partial charge is 0.238 e. The number of anilines is 1. The lowest BCUT2D eigenvalue weighted by molar-refractivity contribution is -0.116. The summed E-state index contributed by atoms with van der Waals surface area (Å²) in [6.07, 6.45) is 0.0520. The van der Waals surface area contributed by atoms with Gasteiger partial charge in [0.05, 0.1) is 10.6 Å². The first-order valence-electron chi connectivity index (χ1n) is 4.67. The Labute approximate surface area is 97.8 Å². The van der Waals surface area contributed by atoms with Crippen LogP contribution in [0.4, 0.5) is 10.1 Å². The lowest BCUT2D eigenvalue weighted by Crippen LogP contribution is -2.17. The second-order valence-corrected chi connectivity index (χ2v) is 4.83. The number of benzene rings is 1. The van der Waals surface area contributed by atoms with Crippen molar-refractivity contribution < 1.29 is 17.6 Å². The van der Waals surface area contributed by atoms with E-state index >= 15 is 0 Å². The molecule has 1 aromatic rings. The van der Waals surface area contributed by atoms with Crippen molar-refractivity contribution in [2.45, 2.75) is 11.3 Å². The third-order valence-corrected chi connectivity index (χ3v) is 2.83. The largest absolute Gasteiger partial charge is 0.330 e. The predicted octanol–water partition coefficient (Wildman–Crippen LogP) is -0.240. The third kappa shape index (κ3) is 3.77. The van der Waals surface area contributed by atoms with Crippen molar-refractivity contribution in [2.24, 2.45) is 10.9 Å². The Morgan fingerprint density at radius 2 is 2.06 bits per heavy atom. The van der Waals surface area contributed by atoms with E-state index in [0.717, 1.165) is 18.2 Å². The van der Waals surface area contributed by atoms with Crippen LogP contribution in [0, 0.1) is 5.82 Å². The number of rotatable bonds is 4. The number of amides is 1. The zero-order chi connectivity index (χ0) is 13.1. The maximum atomic E-state index is 13.4. The first-order valence-corrected chi connectivity index (χ1v) is 6.21. The van der Waals surface area contributed by atoms with Gasteiger partial charge in [-0.3, -0.25) is 4.79 Å². The van der Waals surface area contributed by atoms with Crippen LogP contribution in [0.3, 0.4) is 0 Å². The highest BCUT2D eigenvalue weighted by Gasteiger charge is 2.12. The van der Waals surface area contributed by atoms with Crippen molar-refractivity contribution >= 4 is 21.6 Å². The molecule has 1 aromatic carbocycles. The number of hydrogen-bond donors (Lipinski definition) is 3. The highest BCUT2D eigenvalue weighted by atomic mass is 32.2. The van der Waals surface area contributed by atoms with Crippen molar-refractivity contribution in [3.05, 3.63) is 24.0 Å². The van der Waals surface area contributed by atoms with Crippen LogP contribution in [0.1, 0.15) is 6.42 Å². The second kappa shape index (κ2) is 5.21. The maximum absolute atomic E-state index is 13.4. The number of carbonyl (C=O) groups is 1. The summed E-state index contributed by atoms with van der Waals surface area (Å²) in [6.45, 7) is 0.142. The molecule has 0 heterocycles. The number of nitrogens with two attached hydrogens (primary N) is 2. The second-order valence-electron chi connectivity index (χ2n) is 3.27. The zero-order valence-corrected chi connectivity index (χ0v) is 9.63. The summed E-state index contributed by atoms with van der Waals surface area (Å²) in [6, 6.07) is 2.98. The molecule has 0 aromatic heterocycles. The Bertz CT molecular complexity index is 530. The van der Waals surface area contributed by atoms with Gasteiger partial charge in [-0.15, -0.1) is 0 Å². The van der Waals surface area contributed by atoms with Gasteiger partial charge in [0.2, 0.25) is 15.9 Å². The van der Waals surface area contributed by atoms with Crippen LogP contribution in [0.5, 0.6) is 0 Å². The van der Waals surface area contributed by atoms with Crippen LogP contribution in [-0.2, 0) is 14.8 Å². The Kier molecular flexibility index (Phi) is 4.16. The van der Waals surface area contributed by atoms with E-state index in [1.54, 1.807) is 0 Å². The lowest BCUT2D eigenvalue weighted by Gasteiger charge is -2.06. The van der Waals surface area contributed by atoms with Gasteiger partial charge in [0.25, 0.3) is 0 Å². The van der Waals surface area contributed by atoms with E-state index in [2.05, 4.69) is 5.32 Å². The van der Waals surface area contributed by atoms with Gasteiger partial charge in [0.15, 0.2) is 0 Å². The number of sulfonamides is 1. The van der Waals surface area contributed by atoms with E-state index in [1.165, 1.54) is 0 Å². The minimum absolute atomic E-state index is 0.0520. The van der Waals surface area contributed by atoms with Crippen LogP contribution in [-0.4, -0.2) is 20.9 Å². The van der Waals surface area contributed by atoms with Crippen molar-refractivity contribution in [1.82, 2.24) is 0 Å². The zero-order valence-electron chi connectivity index (χ0n) is 8.81. The van der Waals surface area contributed by atoms with Gasteiger partial charge in [-0.25, -0.2) is 17.9 Å². The molecule has 1 rings (SSSR count). The molecule has 0 unspecified atom stereocenters. The number of halogens is 1. The number of primary sulfonamides is 1. The average molecular weight is 261 g/mol. The summed E-state index contributed by atoms with van der Waals surface area (Å²) in [4.78, 5) is 10.8. The molecule has 0 atom stereocenters. The fourth-order valence-corrected chi connectivity index (χ4v) is 1.64. The van der Waals surface area contributed by atoms with Crippen molar-refractivity contribution in [2.75, 3.05) is 11.9 Å². The highest BCUT2D eigenvalue weighted by Crippen LogP contribution is 2.18. The van der Waals surface area contributed by atoms with Crippen LogP contribution in [0.15, 0.2) is 23.1 Å². The molecule has 0 aliphatic rings. The van der Waals surface area contributed by atoms with Crippen molar-refractivity contribution in [1.29, 1.82) is 0 Å². The van der Waals surface area contributed by atoms with Crippen molar-refractivity contribution in [3.8, 4) is 0 Å². The molecule has 0 spiro atoms. The molecule has 8 heteroatoms. The van der Waals surface area contributed by atoms with Crippen molar-refractivity contribution in [3.63, 3.8) is 0 Å². The minimum atomic E-state index is -3.95. The summed E-state index contributed by atoms with van der Waals surface area (Å²) < 4.78 is 35.3. The molecule has 0 aliphatic carbocycles. The minimum Gasteiger partial charge on any atom is -0.330 e. The van der Waals surface area contributed by atoms with Gasteiger partial charge in [0.1, 0.15) is 5.82 Å². The highest BCUT2D eigenvalue weighted by molar-refractivity contribution is 7.89. The molecule has 5 N–H and O–H groups in total. The van der Waals surface area contributed by atoms with E-state index in [0.29, 0.717) is 0 Å². The predicted molar refractivity (Wildman–Crippen MR) is 60.1 cm³/mol. The summed E-state index contributed by atoms with van der Waals surface area (Å²) in [5.74, 6) is -1.32. The molecule has 0 bridgehead atoms. The molecular formula is C9H12FN3O3S. The fraction of sp³-hybridized carbons (Fsp3) is 0.222. The Balaban J connectivity index is 2.95. The van der Waals surface area contributed by atoms with Gasteiger partial charge in [-0.2, -0.15) is 0 Å². The molecule has 0 aliphatic heterocycles. The maximum Gasteiger partial charge on any atom is 0.238 e. The summed E-state index contributed by atoms with van der Waals surface area (Å²) >= 11 is 0. The van der Waals surface area contributed by atoms with Crippen LogP contribution in [0.25, 0.3) is 0 Å². The van der Waals surface area contributed by atoms with E-state index in [9.17, 15) is 17.6 Å². The van der Waals surface area contributed by atoms with Gasteiger partial charge in [-0.1, -0.05) is 0 Å². The van der Waals surface area contributed by atoms with E-state index in [1.807, 2.05) is 0 Å². The normalized spacial score (nSPS) is 11.2. The van der Waals surface area contributed by atoms with Crippen LogP contribution >= 0.6 is 0 Å². The molecule has 17 heavy (non-hydrogen) atoms. The fourth-order valence-electron chi connectivity index (χ4n) is 1.12. The summed E-state index contributed by atoms with van der Waals surface area (Å²) in [5.41, 5.74) is 5.04.